The summed E-state index contributed by atoms with van der Waals surface area (Å²) in [5.41, 5.74) is 1.72. The van der Waals surface area contributed by atoms with Crippen molar-refractivity contribution in [2.45, 2.75) is 12.3 Å². The second kappa shape index (κ2) is 5.88. The first-order chi connectivity index (χ1) is 8.90. The first-order valence-electron chi connectivity index (χ1n) is 5.44. The van der Waals surface area contributed by atoms with Gasteiger partial charge in [-0.25, -0.2) is 4.39 Å². The average molecular weight is 338 g/mol. The first kappa shape index (κ1) is 14.9. The van der Waals surface area contributed by atoms with E-state index in [0.717, 1.165) is 0 Å². The number of rotatable bonds is 2. The van der Waals surface area contributed by atoms with Crippen molar-refractivity contribution < 1.29 is 4.39 Å². The van der Waals surface area contributed by atoms with Crippen LogP contribution in [0.25, 0.3) is 0 Å². The maximum atomic E-state index is 13.4. The van der Waals surface area contributed by atoms with E-state index in [9.17, 15) is 4.39 Å². The van der Waals surface area contributed by atoms with Crippen molar-refractivity contribution >= 4 is 46.4 Å². The van der Waals surface area contributed by atoms with Gasteiger partial charge in [0.25, 0.3) is 0 Å². The minimum atomic E-state index is -0.585. The van der Waals surface area contributed by atoms with Gasteiger partial charge in [0.15, 0.2) is 0 Å². The summed E-state index contributed by atoms with van der Waals surface area (Å²) in [6.07, 6.45) is 0. The molecule has 100 valence electrons. The van der Waals surface area contributed by atoms with E-state index in [1.807, 2.05) is 0 Å². The molecule has 0 aliphatic rings. The number of hydrogen-bond acceptors (Lipinski definition) is 0. The summed E-state index contributed by atoms with van der Waals surface area (Å²) in [6.45, 7) is 1.65. The highest BCUT2D eigenvalue weighted by Crippen LogP contribution is 2.38. The SMILES string of the molecule is Cc1cc(C(Cl)c2cc(Cl)ccc2Cl)c(Cl)cc1F. The maximum absolute atomic E-state index is 13.4. The van der Waals surface area contributed by atoms with Crippen LogP contribution >= 0.6 is 46.4 Å². The minimum absolute atomic E-state index is 0.263. The summed E-state index contributed by atoms with van der Waals surface area (Å²) in [7, 11) is 0. The molecule has 0 N–H and O–H groups in total. The molecule has 0 radical (unpaired) electrons. The fourth-order valence-electron chi connectivity index (χ4n) is 1.75. The van der Waals surface area contributed by atoms with E-state index in [4.69, 9.17) is 46.4 Å². The van der Waals surface area contributed by atoms with Crippen molar-refractivity contribution in [3.63, 3.8) is 0 Å². The normalized spacial score (nSPS) is 12.5. The average Bonchev–Trinajstić information content (AvgIpc) is 2.36. The summed E-state index contributed by atoms with van der Waals surface area (Å²) in [5, 5.41) is 0.694. The molecule has 0 aromatic heterocycles. The van der Waals surface area contributed by atoms with Gasteiger partial charge in [-0.3, -0.25) is 0 Å². The van der Waals surface area contributed by atoms with Crippen LogP contribution in [0.2, 0.25) is 15.1 Å². The second-order valence-electron chi connectivity index (χ2n) is 4.15. The van der Waals surface area contributed by atoms with Crippen molar-refractivity contribution in [2.75, 3.05) is 0 Å². The van der Waals surface area contributed by atoms with Gasteiger partial charge in [0.1, 0.15) is 5.82 Å². The Balaban J connectivity index is 2.52. The lowest BCUT2D eigenvalue weighted by molar-refractivity contribution is 0.618. The standard InChI is InChI=1S/C14H9Cl4F/c1-7-4-9(12(17)6-13(7)19)14(18)10-5-8(15)2-3-11(10)16/h2-6,14H,1H3. The molecule has 0 aliphatic carbocycles. The van der Waals surface area contributed by atoms with Crippen LogP contribution in [0.15, 0.2) is 30.3 Å². The number of alkyl halides is 1. The predicted octanol–water partition coefficient (Wildman–Crippen LogP) is 6.42. The zero-order chi connectivity index (χ0) is 14.2. The summed E-state index contributed by atoms with van der Waals surface area (Å²) in [6, 6.07) is 7.89. The van der Waals surface area contributed by atoms with Crippen molar-refractivity contribution in [1.82, 2.24) is 0 Å². The molecule has 2 aromatic rings. The quantitative estimate of drug-likeness (QED) is 0.554. The Hall–Kier alpha value is -0.470. The van der Waals surface area contributed by atoms with E-state index < -0.39 is 5.38 Å². The lowest BCUT2D eigenvalue weighted by Crippen LogP contribution is -1.98. The van der Waals surface area contributed by atoms with Crippen molar-refractivity contribution in [3.8, 4) is 0 Å². The van der Waals surface area contributed by atoms with Gasteiger partial charge in [0.2, 0.25) is 0 Å². The monoisotopic (exact) mass is 336 g/mol. The minimum Gasteiger partial charge on any atom is -0.207 e. The molecule has 5 heteroatoms. The highest BCUT2D eigenvalue weighted by Gasteiger charge is 2.19. The van der Waals surface area contributed by atoms with Gasteiger partial charge in [0.05, 0.1) is 5.38 Å². The Morgan fingerprint density at radius 2 is 1.58 bits per heavy atom. The lowest BCUT2D eigenvalue weighted by atomic mass is 10.0. The van der Waals surface area contributed by atoms with Crippen molar-refractivity contribution in [2.24, 2.45) is 0 Å². The smallest absolute Gasteiger partial charge is 0.127 e. The van der Waals surface area contributed by atoms with Gasteiger partial charge in [-0.2, -0.15) is 0 Å². The number of hydrogen-bond donors (Lipinski definition) is 0. The topological polar surface area (TPSA) is 0 Å². The van der Waals surface area contributed by atoms with Gasteiger partial charge >= 0.3 is 0 Å². The van der Waals surface area contributed by atoms with Gasteiger partial charge in [0, 0.05) is 15.1 Å². The third-order valence-electron chi connectivity index (χ3n) is 2.78. The molecule has 0 saturated heterocycles. The Bertz CT molecular complexity index is 625. The summed E-state index contributed by atoms with van der Waals surface area (Å²) < 4.78 is 13.4. The molecule has 2 rings (SSSR count). The van der Waals surface area contributed by atoms with Gasteiger partial charge in [-0.1, -0.05) is 34.8 Å². The van der Waals surface area contributed by atoms with E-state index in [1.165, 1.54) is 6.07 Å². The van der Waals surface area contributed by atoms with Crippen LogP contribution in [0.5, 0.6) is 0 Å². The van der Waals surface area contributed by atoms with E-state index in [-0.39, 0.29) is 10.8 Å². The van der Waals surface area contributed by atoms with Gasteiger partial charge in [-0.15, -0.1) is 11.6 Å². The molecule has 0 fully saturated rings. The molecule has 1 atom stereocenters. The molecular formula is C14H9Cl4F. The molecule has 19 heavy (non-hydrogen) atoms. The van der Waals surface area contributed by atoms with Gasteiger partial charge < -0.3 is 0 Å². The molecule has 0 spiro atoms. The highest BCUT2D eigenvalue weighted by atomic mass is 35.5. The molecule has 0 saturated carbocycles. The van der Waals surface area contributed by atoms with E-state index >= 15 is 0 Å². The van der Waals surface area contributed by atoms with Crippen LogP contribution in [0.4, 0.5) is 4.39 Å². The van der Waals surface area contributed by atoms with Crippen LogP contribution < -0.4 is 0 Å². The zero-order valence-electron chi connectivity index (χ0n) is 9.85. The van der Waals surface area contributed by atoms with Crippen LogP contribution in [0, 0.1) is 12.7 Å². The Kier molecular flexibility index (Phi) is 4.62. The molecule has 1 unspecified atom stereocenters. The third kappa shape index (κ3) is 3.17. The molecule has 0 heterocycles. The maximum Gasteiger partial charge on any atom is 0.127 e. The van der Waals surface area contributed by atoms with Crippen molar-refractivity contribution in [3.05, 3.63) is 67.9 Å². The Labute approximate surface area is 131 Å². The van der Waals surface area contributed by atoms with Crippen molar-refractivity contribution in [1.29, 1.82) is 0 Å². The molecule has 0 nitrogen and oxygen atoms in total. The molecule has 0 amide bonds. The summed E-state index contributed by atoms with van der Waals surface area (Å²) in [5.74, 6) is -0.366. The molecule has 2 aromatic carbocycles. The van der Waals surface area contributed by atoms with Crippen LogP contribution in [-0.4, -0.2) is 0 Å². The number of benzene rings is 2. The first-order valence-corrected chi connectivity index (χ1v) is 7.01. The van der Waals surface area contributed by atoms with E-state index in [2.05, 4.69) is 0 Å². The molecule has 0 bridgehead atoms. The lowest BCUT2D eigenvalue weighted by Gasteiger charge is -2.15. The number of halogens is 5. The van der Waals surface area contributed by atoms with Crippen LogP contribution in [-0.2, 0) is 0 Å². The van der Waals surface area contributed by atoms with Crippen LogP contribution in [0.1, 0.15) is 22.1 Å². The molecular weight excluding hydrogens is 329 g/mol. The zero-order valence-corrected chi connectivity index (χ0v) is 12.9. The number of aryl methyl sites for hydroxylation is 1. The second-order valence-corrected chi connectivity index (χ2v) is 5.84. The predicted molar refractivity (Wildman–Crippen MR) is 80.3 cm³/mol. The largest absolute Gasteiger partial charge is 0.207 e. The highest BCUT2D eigenvalue weighted by molar-refractivity contribution is 6.36. The summed E-state index contributed by atoms with van der Waals surface area (Å²) in [4.78, 5) is 0. The summed E-state index contributed by atoms with van der Waals surface area (Å²) >= 11 is 24.5. The van der Waals surface area contributed by atoms with Gasteiger partial charge in [-0.05, 0) is 53.9 Å². The molecule has 0 aliphatic heterocycles. The fraction of sp³-hybridized carbons (Fsp3) is 0.143. The Morgan fingerprint density at radius 1 is 0.947 bits per heavy atom. The van der Waals surface area contributed by atoms with Crippen LogP contribution in [0.3, 0.4) is 0 Å². The van der Waals surface area contributed by atoms with E-state index in [1.54, 1.807) is 31.2 Å². The third-order valence-corrected chi connectivity index (χ3v) is 4.16. The Morgan fingerprint density at radius 3 is 2.26 bits per heavy atom. The fourth-order valence-corrected chi connectivity index (χ4v) is 2.89. The van der Waals surface area contributed by atoms with E-state index in [0.29, 0.717) is 26.7 Å².